The van der Waals surface area contributed by atoms with E-state index in [1.54, 1.807) is 0 Å². The minimum atomic E-state index is -0.985. The van der Waals surface area contributed by atoms with E-state index >= 15 is 0 Å². The summed E-state index contributed by atoms with van der Waals surface area (Å²) in [5, 5.41) is 36.7. The molecular weight excluding hydrogens is 394 g/mol. The standard InChI is InChI=1S/C24H31N3O4/c1-2-27-14-19(13-25-27)23-21-6-4-3-5-18(21)7-8-22(23)31-16-20(29)15-26-11-9-24(30,17-28)10-12-26/h3-8,13-14,20,28-30H,2,9-12,15-17H2,1H3. The maximum Gasteiger partial charge on any atom is 0.128 e. The maximum absolute atomic E-state index is 10.6. The third-order valence-corrected chi connectivity index (χ3v) is 6.12. The van der Waals surface area contributed by atoms with Crippen LogP contribution in [-0.4, -0.2) is 74.6 Å². The number of fused-ring (bicyclic) bond motifs is 1. The van der Waals surface area contributed by atoms with E-state index in [4.69, 9.17) is 4.74 Å². The summed E-state index contributed by atoms with van der Waals surface area (Å²) in [6, 6.07) is 12.2. The number of aliphatic hydroxyl groups excluding tert-OH is 2. The Morgan fingerprint density at radius 2 is 1.94 bits per heavy atom. The second-order valence-electron chi connectivity index (χ2n) is 8.39. The average Bonchev–Trinajstić information content (AvgIpc) is 3.28. The van der Waals surface area contributed by atoms with E-state index in [2.05, 4.69) is 29.1 Å². The van der Waals surface area contributed by atoms with Gasteiger partial charge in [-0.25, -0.2) is 0 Å². The summed E-state index contributed by atoms with van der Waals surface area (Å²) < 4.78 is 7.99. The molecule has 0 radical (unpaired) electrons. The zero-order valence-electron chi connectivity index (χ0n) is 17.9. The molecule has 0 aliphatic carbocycles. The third kappa shape index (κ3) is 4.91. The molecule has 1 aliphatic heterocycles. The molecule has 7 heteroatoms. The number of likely N-dealkylation sites (tertiary alicyclic amines) is 1. The molecule has 4 rings (SSSR count). The molecule has 0 bridgehead atoms. The van der Waals surface area contributed by atoms with Crippen molar-refractivity contribution in [2.75, 3.05) is 32.8 Å². The summed E-state index contributed by atoms with van der Waals surface area (Å²) in [7, 11) is 0. The van der Waals surface area contributed by atoms with E-state index in [1.165, 1.54) is 0 Å². The topological polar surface area (TPSA) is 91.0 Å². The van der Waals surface area contributed by atoms with Crippen molar-refractivity contribution in [1.82, 2.24) is 14.7 Å². The van der Waals surface area contributed by atoms with Gasteiger partial charge in [0.25, 0.3) is 0 Å². The molecule has 1 aromatic heterocycles. The van der Waals surface area contributed by atoms with E-state index in [0.29, 0.717) is 32.5 Å². The highest BCUT2D eigenvalue weighted by molar-refractivity contribution is 5.99. The lowest BCUT2D eigenvalue weighted by atomic mass is 9.92. The molecule has 0 saturated carbocycles. The number of rotatable bonds is 8. The first-order valence-corrected chi connectivity index (χ1v) is 10.9. The van der Waals surface area contributed by atoms with Gasteiger partial charge >= 0.3 is 0 Å². The Labute approximate surface area is 182 Å². The lowest BCUT2D eigenvalue weighted by Crippen LogP contribution is -2.48. The molecule has 1 aliphatic rings. The van der Waals surface area contributed by atoms with Crippen molar-refractivity contribution < 1.29 is 20.1 Å². The minimum absolute atomic E-state index is 0.175. The van der Waals surface area contributed by atoms with Gasteiger partial charge in [-0.3, -0.25) is 4.68 Å². The van der Waals surface area contributed by atoms with Crippen molar-refractivity contribution in [3.05, 3.63) is 48.8 Å². The van der Waals surface area contributed by atoms with E-state index in [1.807, 2.05) is 41.3 Å². The third-order valence-electron chi connectivity index (χ3n) is 6.12. The molecule has 31 heavy (non-hydrogen) atoms. The number of benzene rings is 2. The summed E-state index contributed by atoms with van der Waals surface area (Å²) in [5.41, 5.74) is 0.986. The van der Waals surface area contributed by atoms with Gasteiger partial charge < -0.3 is 25.0 Å². The summed E-state index contributed by atoms with van der Waals surface area (Å²) in [6.45, 7) is 4.56. The second-order valence-corrected chi connectivity index (χ2v) is 8.39. The van der Waals surface area contributed by atoms with E-state index in [-0.39, 0.29) is 13.2 Å². The predicted octanol–water partition coefficient (Wildman–Crippen LogP) is 2.28. The number of aliphatic hydroxyl groups is 3. The van der Waals surface area contributed by atoms with Crippen LogP contribution in [-0.2, 0) is 6.54 Å². The molecule has 3 N–H and O–H groups in total. The smallest absolute Gasteiger partial charge is 0.128 e. The lowest BCUT2D eigenvalue weighted by Gasteiger charge is -2.37. The number of hydrogen-bond donors (Lipinski definition) is 3. The Hall–Kier alpha value is -2.45. The SMILES string of the molecule is CCn1cc(-c2c(OCC(O)CN3CCC(O)(CO)CC3)ccc3ccccc23)cn1. The Kier molecular flexibility index (Phi) is 6.57. The number of aromatic nitrogens is 2. The fourth-order valence-electron chi connectivity index (χ4n) is 4.18. The fraction of sp³-hybridized carbons (Fsp3) is 0.458. The summed E-state index contributed by atoms with van der Waals surface area (Å²) in [5.74, 6) is 0.724. The van der Waals surface area contributed by atoms with Crippen molar-refractivity contribution in [1.29, 1.82) is 0 Å². The first-order chi connectivity index (χ1) is 15.0. The monoisotopic (exact) mass is 425 g/mol. The highest BCUT2D eigenvalue weighted by Gasteiger charge is 2.32. The highest BCUT2D eigenvalue weighted by Crippen LogP contribution is 2.37. The van der Waals surface area contributed by atoms with Crippen LogP contribution in [0.25, 0.3) is 21.9 Å². The lowest BCUT2D eigenvalue weighted by molar-refractivity contribution is -0.0656. The molecule has 1 fully saturated rings. The van der Waals surface area contributed by atoms with Gasteiger partial charge in [-0.15, -0.1) is 0 Å². The zero-order valence-corrected chi connectivity index (χ0v) is 17.9. The van der Waals surface area contributed by atoms with Crippen LogP contribution >= 0.6 is 0 Å². The van der Waals surface area contributed by atoms with Crippen molar-refractivity contribution in [2.45, 2.75) is 38.0 Å². The van der Waals surface area contributed by atoms with Gasteiger partial charge in [-0.1, -0.05) is 30.3 Å². The van der Waals surface area contributed by atoms with Crippen LogP contribution in [0.15, 0.2) is 48.8 Å². The van der Waals surface area contributed by atoms with Crippen LogP contribution in [0.2, 0.25) is 0 Å². The molecule has 2 heterocycles. The quantitative estimate of drug-likeness (QED) is 0.513. The largest absolute Gasteiger partial charge is 0.490 e. The van der Waals surface area contributed by atoms with Crippen molar-refractivity contribution in [2.24, 2.45) is 0 Å². The number of hydrogen-bond acceptors (Lipinski definition) is 6. The van der Waals surface area contributed by atoms with Crippen LogP contribution in [0.4, 0.5) is 0 Å². The molecule has 1 unspecified atom stereocenters. The number of β-amino-alcohol motifs (C(OH)–C–C–N with tert-alkyl or cyclic N) is 1. The van der Waals surface area contributed by atoms with Gasteiger partial charge in [-0.2, -0.15) is 5.10 Å². The van der Waals surface area contributed by atoms with Crippen LogP contribution in [0.1, 0.15) is 19.8 Å². The first kappa shape index (κ1) is 21.8. The molecule has 166 valence electrons. The highest BCUT2D eigenvalue weighted by atomic mass is 16.5. The summed E-state index contributed by atoms with van der Waals surface area (Å²) in [4.78, 5) is 2.10. The normalized spacial score (nSPS) is 17.7. The molecule has 7 nitrogen and oxygen atoms in total. The average molecular weight is 426 g/mol. The summed E-state index contributed by atoms with van der Waals surface area (Å²) in [6.07, 6.45) is 4.23. The van der Waals surface area contributed by atoms with Crippen LogP contribution in [0.5, 0.6) is 5.75 Å². The molecule has 0 spiro atoms. The number of ether oxygens (including phenoxy) is 1. The Bertz CT molecular complexity index is 1010. The van der Waals surface area contributed by atoms with Crippen LogP contribution < -0.4 is 4.74 Å². The Morgan fingerprint density at radius 1 is 1.16 bits per heavy atom. The van der Waals surface area contributed by atoms with Gasteiger partial charge in [0.15, 0.2) is 0 Å². The van der Waals surface area contributed by atoms with E-state index < -0.39 is 11.7 Å². The Morgan fingerprint density at radius 3 is 2.65 bits per heavy atom. The van der Waals surface area contributed by atoms with Gasteiger partial charge in [0.1, 0.15) is 18.5 Å². The first-order valence-electron chi connectivity index (χ1n) is 10.9. The van der Waals surface area contributed by atoms with Gasteiger partial charge in [0.2, 0.25) is 0 Å². The van der Waals surface area contributed by atoms with Gasteiger partial charge in [-0.05, 0) is 36.6 Å². The van der Waals surface area contributed by atoms with Gasteiger partial charge in [0, 0.05) is 43.5 Å². The van der Waals surface area contributed by atoms with Gasteiger partial charge in [0.05, 0.1) is 18.4 Å². The van der Waals surface area contributed by atoms with Crippen molar-refractivity contribution >= 4 is 10.8 Å². The molecular formula is C24H31N3O4. The molecule has 1 saturated heterocycles. The number of aryl methyl sites for hydroxylation is 1. The zero-order chi connectivity index (χ0) is 21.8. The van der Waals surface area contributed by atoms with Crippen molar-refractivity contribution in [3.8, 4) is 16.9 Å². The predicted molar refractivity (Wildman–Crippen MR) is 120 cm³/mol. The molecule has 0 amide bonds. The Balaban J connectivity index is 1.48. The number of nitrogens with zero attached hydrogens (tertiary/aromatic N) is 3. The number of piperidine rings is 1. The van der Waals surface area contributed by atoms with E-state index in [0.717, 1.165) is 34.2 Å². The van der Waals surface area contributed by atoms with Crippen molar-refractivity contribution in [3.63, 3.8) is 0 Å². The van der Waals surface area contributed by atoms with E-state index in [9.17, 15) is 15.3 Å². The maximum atomic E-state index is 10.6. The van der Waals surface area contributed by atoms with Crippen LogP contribution in [0, 0.1) is 0 Å². The molecule has 2 aromatic carbocycles. The molecule has 3 aromatic rings. The minimum Gasteiger partial charge on any atom is -0.490 e. The molecule has 1 atom stereocenters. The summed E-state index contributed by atoms with van der Waals surface area (Å²) >= 11 is 0. The fourth-order valence-corrected chi connectivity index (χ4v) is 4.18. The van der Waals surface area contributed by atoms with Crippen LogP contribution in [0.3, 0.4) is 0 Å². The second kappa shape index (κ2) is 9.36.